The van der Waals surface area contributed by atoms with E-state index in [4.69, 9.17) is 15.0 Å². The van der Waals surface area contributed by atoms with Gasteiger partial charge in [-0.3, -0.25) is 0 Å². The number of rotatable bonds is 3. The van der Waals surface area contributed by atoms with Crippen molar-refractivity contribution in [3.63, 3.8) is 0 Å². The predicted molar refractivity (Wildman–Crippen MR) is 39.7 cm³/mol. The zero-order valence-electron chi connectivity index (χ0n) is 7.67. The van der Waals surface area contributed by atoms with E-state index in [1.54, 1.807) is 13.8 Å². The first-order valence-corrected chi connectivity index (χ1v) is 3.46. The van der Waals surface area contributed by atoms with Crippen LogP contribution in [0.2, 0.25) is 0 Å². The summed E-state index contributed by atoms with van der Waals surface area (Å²) in [7, 11) is 0. The van der Waals surface area contributed by atoms with Gasteiger partial charge in [-0.1, -0.05) is 0 Å². The summed E-state index contributed by atoms with van der Waals surface area (Å²) in [5.74, 6) is -1.12. The summed E-state index contributed by atoms with van der Waals surface area (Å²) in [4.78, 5) is 13.7. The minimum absolute atomic E-state index is 0.407. The third-order valence-electron chi connectivity index (χ3n) is 0.712. The Kier molecular flexibility index (Phi) is 3.44. The molecule has 68 valence electrons. The van der Waals surface area contributed by atoms with Crippen LogP contribution in [0.4, 0.5) is 0 Å². The third-order valence-corrected chi connectivity index (χ3v) is 0.712. The summed E-state index contributed by atoms with van der Waals surface area (Å²) in [6, 6.07) is 0. The van der Waals surface area contributed by atoms with E-state index in [0.717, 1.165) is 0 Å². The highest BCUT2D eigenvalue weighted by molar-refractivity contribution is 4.55. The van der Waals surface area contributed by atoms with E-state index in [-0.39, 0.29) is 0 Å². The topological polar surface area (TPSA) is 47.9 Å². The zero-order valence-corrected chi connectivity index (χ0v) is 7.67. The second kappa shape index (κ2) is 3.49. The predicted octanol–water partition coefficient (Wildman–Crippen LogP) is 1.96. The van der Waals surface area contributed by atoms with Crippen LogP contribution in [-0.2, 0) is 14.7 Å². The maximum absolute atomic E-state index is 8.29. The molecule has 0 aliphatic carbocycles. The molecule has 0 rings (SSSR count). The lowest BCUT2D eigenvalue weighted by Crippen LogP contribution is -2.32. The summed E-state index contributed by atoms with van der Waals surface area (Å²) in [6.45, 7) is 8.58. The molecule has 0 spiro atoms. The molecule has 0 aromatic heterocycles. The Bertz CT molecular complexity index is 114. The van der Waals surface area contributed by atoms with E-state index in [0.29, 0.717) is 0 Å². The molecule has 0 saturated heterocycles. The van der Waals surface area contributed by atoms with Crippen LogP contribution in [-0.4, -0.2) is 16.6 Å². The second-order valence-electron chi connectivity index (χ2n) is 3.77. The number of hydrogen-bond acceptors (Lipinski definition) is 4. The molecule has 0 radical (unpaired) electrons. The summed E-state index contributed by atoms with van der Waals surface area (Å²) in [5.41, 5.74) is -0.407. The standard InChI is InChI=1S/C7H16O4/c1-6(2,3)10-11-7(4,5)9-8/h8H,1-5H3. The molecule has 0 bridgehead atoms. The molecule has 4 heteroatoms. The van der Waals surface area contributed by atoms with Crippen molar-refractivity contribution in [2.75, 3.05) is 0 Å². The Hall–Kier alpha value is -0.160. The van der Waals surface area contributed by atoms with Crippen LogP contribution >= 0.6 is 0 Å². The Morgan fingerprint density at radius 3 is 1.64 bits per heavy atom. The smallest absolute Gasteiger partial charge is 0.228 e. The van der Waals surface area contributed by atoms with Gasteiger partial charge in [0.25, 0.3) is 0 Å². The molecular formula is C7H16O4. The quantitative estimate of drug-likeness (QED) is 0.393. The Balaban J connectivity index is 3.70. The van der Waals surface area contributed by atoms with Crippen molar-refractivity contribution < 1.29 is 19.9 Å². The minimum atomic E-state index is -1.12. The van der Waals surface area contributed by atoms with Gasteiger partial charge < -0.3 is 0 Å². The average molecular weight is 164 g/mol. The van der Waals surface area contributed by atoms with E-state index in [9.17, 15) is 0 Å². The van der Waals surface area contributed by atoms with Gasteiger partial charge in [-0.05, 0) is 34.6 Å². The van der Waals surface area contributed by atoms with Crippen LogP contribution in [0, 0.1) is 0 Å². The second-order valence-corrected chi connectivity index (χ2v) is 3.77. The minimum Gasteiger partial charge on any atom is -0.249 e. The maximum Gasteiger partial charge on any atom is 0.228 e. The Morgan fingerprint density at radius 2 is 1.36 bits per heavy atom. The van der Waals surface area contributed by atoms with Crippen LogP contribution in [0.1, 0.15) is 34.6 Å². The highest BCUT2D eigenvalue weighted by Gasteiger charge is 2.24. The van der Waals surface area contributed by atoms with Crippen molar-refractivity contribution in [2.24, 2.45) is 0 Å². The molecule has 0 aromatic rings. The lowest BCUT2D eigenvalue weighted by atomic mass is 10.2. The molecule has 0 aromatic carbocycles. The van der Waals surface area contributed by atoms with Crippen LogP contribution in [0.15, 0.2) is 0 Å². The molecule has 0 heterocycles. The van der Waals surface area contributed by atoms with Crippen LogP contribution in [0.25, 0.3) is 0 Å². The van der Waals surface area contributed by atoms with Gasteiger partial charge in [-0.25, -0.2) is 15.0 Å². The van der Waals surface area contributed by atoms with E-state index < -0.39 is 11.4 Å². The van der Waals surface area contributed by atoms with Crippen molar-refractivity contribution in [3.8, 4) is 0 Å². The summed E-state index contributed by atoms with van der Waals surface area (Å²) in [6.07, 6.45) is 0. The van der Waals surface area contributed by atoms with Gasteiger partial charge in [-0.15, -0.1) is 0 Å². The van der Waals surface area contributed by atoms with E-state index in [2.05, 4.69) is 4.89 Å². The first kappa shape index (κ1) is 10.8. The van der Waals surface area contributed by atoms with Gasteiger partial charge in [0.05, 0.1) is 5.60 Å². The van der Waals surface area contributed by atoms with Gasteiger partial charge in [0.15, 0.2) is 0 Å². The fourth-order valence-corrected chi connectivity index (χ4v) is 0.241. The molecule has 0 aliphatic heterocycles. The Morgan fingerprint density at radius 1 is 0.909 bits per heavy atom. The normalized spacial score (nSPS) is 13.6. The van der Waals surface area contributed by atoms with Crippen molar-refractivity contribution in [2.45, 2.75) is 46.0 Å². The van der Waals surface area contributed by atoms with Crippen molar-refractivity contribution in [1.29, 1.82) is 0 Å². The van der Waals surface area contributed by atoms with E-state index in [1.165, 1.54) is 0 Å². The summed E-state index contributed by atoms with van der Waals surface area (Å²) in [5, 5.41) is 8.29. The molecule has 0 fully saturated rings. The zero-order chi connectivity index (χ0) is 9.12. The molecule has 0 amide bonds. The van der Waals surface area contributed by atoms with Gasteiger partial charge in [0.2, 0.25) is 5.79 Å². The van der Waals surface area contributed by atoms with Crippen molar-refractivity contribution in [1.82, 2.24) is 0 Å². The molecule has 0 unspecified atom stereocenters. The monoisotopic (exact) mass is 164 g/mol. The first-order chi connectivity index (χ1) is 4.77. The molecule has 0 saturated carbocycles. The van der Waals surface area contributed by atoms with Crippen molar-refractivity contribution in [3.05, 3.63) is 0 Å². The van der Waals surface area contributed by atoms with Crippen LogP contribution < -0.4 is 0 Å². The van der Waals surface area contributed by atoms with Crippen molar-refractivity contribution >= 4 is 0 Å². The molecular weight excluding hydrogens is 148 g/mol. The highest BCUT2D eigenvalue weighted by atomic mass is 17.3. The molecule has 1 N–H and O–H groups in total. The fourth-order valence-electron chi connectivity index (χ4n) is 0.241. The fraction of sp³-hybridized carbons (Fsp3) is 1.00. The average Bonchev–Trinajstić information content (AvgIpc) is 1.83. The third kappa shape index (κ3) is 6.25. The Labute approximate surface area is 66.9 Å². The lowest BCUT2D eigenvalue weighted by molar-refractivity contribution is -0.507. The van der Waals surface area contributed by atoms with Gasteiger partial charge in [0, 0.05) is 0 Å². The maximum atomic E-state index is 8.29. The lowest BCUT2D eigenvalue weighted by Gasteiger charge is -2.25. The molecule has 0 atom stereocenters. The summed E-state index contributed by atoms with van der Waals surface area (Å²) >= 11 is 0. The number of hydrogen-bond donors (Lipinski definition) is 1. The van der Waals surface area contributed by atoms with Gasteiger partial charge in [0.1, 0.15) is 0 Å². The van der Waals surface area contributed by atoms with Gasteiger partial charge in [-0.2, -0.15) is 4.89 Å². The largest absolute Gasteiger partial charge is 0.249 e. The highest BCUT2D eigenvalue weighted by Crippen LogP contribution is 2.15. The van der Waals surface area contributed by atoms with E-state index in [1.807, 2.05) is 20.8 Å². The molecule has 11 heavy (non-hydrogen) atoms. The molecule has 4 nitrogen and oxygen atoms in total. The summed E-state index contributed by atoms with van der Waals surface area (Å²) < 4.78 is 0. The molecule has 0 aliphatic rings. The van der Waals surface area contributed by atoms with E-state index >= 15 is 0 Å². The SMILES string of the molecule is CC(C)(C)OOC(C)(C)OO. The van der Waals surface area contributed by atoms with Crippen LogP contribution in [0.3, 0.4) is 0 Å². The van der Waals surface area contributed by atoms with Gasteiger partial charge >= 0.3 is 0 Å². The first-order valence-electron chi connectivity index (χ1n) is 3.46. The van der Waals surface area contributed by atoms with Crippen LogP contribution in [0.5, 0.6) is 0 Å².